The zero-order valence-corrected chi connectivity index (χ0v) is 11.0. The van der Waals surface area contributed by atoms with Crippen molar-refractivity contribution in [2.75, 3.05) is 25.6 Å². The van der Waals surface area contributed by atoms with Gasteiger partial charge in [0.1, 0.15) is 12.1 Å². The lowest BCUT2D eigenvalue weighted by atomic mass is 10.1. The van der Waals surface area contributed by atoms with Gasteiger partial charge in [0.2, 0.25) is 0 Å². The van der Waals surface area contributed by atoms with Crippen LogP contribution in [0.2, 0.25) is 0 Å². The van der Waals surface area contributed by atoms with E-state index in [0.717, 1.165) is 12.2 Å². The number of rotatable bonds is 5. The third kappa shape index (κ3) is 3.40. The Kier molecular flexibility index (Phi) is 4.28. The van der Waals surface area contributed by atoms with Gasteiger partial charge in [-0.25, -0.2) is 14.4 Å². The summed E-state index contributed by atoms with van der Waals surface area (Å²) in [6.07, 6.45) is 3.33. The van der Waals surface area contributed by atoms with E-state index in [1.165, 1.54) is 18.1 Å². The first-order valence-electron chi connectivity index (χ1n) is 6.00. The highest BCUT2D eigenvalue weighted by molar-refractivity contribution is 5.37. The summed E-state index contributed by atoms with van der Waals surface area (Å²) in [5.74, 6) is 0.752. The van der Waals surface area contributed by atoms with Gasteiger partial charge < -0.3 is 9.64 Å². The predicted octanol–water partition coefficient (Wildman–Crippen LogP) is 2.30. The molecule has 0 unspecified atom stereocenters. The number of benzene rings is 1. The first-order chi connectivity index (χ1) is 9.20. The lowest BCUT2D eigenvalue weighted by Gasteiger charge is -2.18. The molecule has 5 heteroatoms. The van der Waals surface area contributed by atoms with Gasteiger partial charge in [-0.3, -0.25) is 0 Å². The first kappa shape index (κ1) is 13.3. The van der Waals surface area contributed by atoms with E-state index in [1.54, 1.807) is 12.0 Å². The Hall–Kier alpha value is -2.17. The summed E-state index contributed by atoms with van der Waals surface area (Å²) in [7, 11) is 3.45. The van der Waals surface area contributed by atoms with Crippen LogP contribution in [0.5, 0.6) is 5.75 Å². The van der Waals surface area contributed by atoms with Gasteiger partial charge >= 0.3 is 0 Å². The maximum atomic E-state index is 13.5. The molecular formula is C14H16FN3O. The van der Waals surface area contributed by atoms with Crippen LogP contribution in [-0.4, -0.2) is 30.7 Å². The van der Waals surface area contributed by atoms with E-state index in [4.69, 9.17) is 4.74 Å². The summed E-state index contributed by atoms with van der Waals surface area (Å²) in [4.78, 5) is 9.35. The van der Waals surface area contributed by atoms with Crippen LogP contribution in [0, 0.1) is 5.82 Å². The fourth-order valence-corrected chi connectivity index (χ4v) is 1.78. The minimum atomic E-state index is -0.403. The van der Waals surface area contributed by atoms with Crippen LogP contribution in [0.15, 0.2) is 36.8 Å². The minimum absolute atomic E-state index is 0.323. The summed E-state index contributed by atoms with van der Waals surface area (Å²) in [5.41, 5.74) is 1.17. The smallest absolute Gasteiger partial charge is 0.183 e. The molecular weight excluding hydrogens is 245 g/mol. The molecule has 0 radical (unpaired) electrons. The van der Waals surface area contributed by atoms with Crippen LogP contribution in [-0.2, 0) is 6.42 Å². The average Bonchev–Trinajstić information content (AvgIpc) is 2.46. The number of aromatic nitrogens is 2. The monoisotopic (exact) mass is 261 g/mol. The number of likely N-dealkylation sites (N-methyl/N-ethyl adjacent to an activating group) is 1. The largest absolute Gasteiger partial charge is 0.497 e. The molecule has 0 saturated heterocycles. The SMILES string of the molecule is COc1ccc(CCN(C)c2ncncc2F)cc1. The molecule has 0 aliphatic heterocycles. The number of nitrogens with zero attached hydrogens (tertiary/aromatic N) is 3. The first-order valence-corrected chi connectivity index (χ1v) is 6.00. The maximum Gasteiger partial charge on any atom is 0.183 e. The van der Waals surface area contributed by atoms with E-state index in [1.807, 2.05) is 31.3 Å². The van der Waals surface area contributed by atoms with Crippen LogP contribution >= 0.6 is 0 Å². The highest BCUT2D eigenvalue weighted by Gasteiger charge is 2.08. The van der Waals surface area contributed by atoms with Gasteiger partial charge in [0.05, 0.1) is 13.3 Å². The number of hydrogen-bond acceptors (Lipinski definition) is 4. The topological polar surface area (TPSA) is 38.2 Å². The molecule has 0 aliphatic carbocycles. The van der Waals surface area contributed by atoms with Gasteiger partial charge in [-0.2, -0.15) is 0 Å². The van der Waals surface area contributed by atoms with Crippen molar-refractivity contribution >= 4 is 5.82 Å². The molecule has 0 amide bonds. The van der Waals surface area contributed by atoms with E-state index in [9.17, 15) is 4.39 Å². The molecule has 1 aromatic carbocycles. The number of hydrogen-bond donors (Lipinski definition) is 0. The van der Waals surface area contributed by atoms with Crippen LogP contribution in [0.25, 0.3) is 0 Å². The number of ether oxygens (including phenoxy) is 1. The molecule has 19 heavy (non-hydrogen) atoms. The van der Waals surface area contributed by atoms with E-state index in [2.05, 4.69) is 9.97 Å². The second-order valence-corrected chi connectivity index (χ2v) is 4.21. The zero-order chi connectivity index (χ0) is 13.7. The Bertz CT molecular complexity index is 530. The number of anilines is 1. The molecule has 0 aliphatic rings. The Morgan fingerprint density at radius 1 is 1.26 bits per heavy atom. The van der Waals surface area contributed by atoms with Gasteiger partial charge in [0.15, 0.2) is 11.6 Å². The minimum Gasteiger partial charge on any atom is -0.497 e. The molecule has 0 fully saturated rings. The highest BCUT2D eigenvalue weighted by atomic mass is 19.1. The van der Waals surface area contributed by atoms with E-state index < -0.39 is 5.82 Å². The van der Waals surface area contributed by atoms with Crippen LogP contribution in [0.1, 0.15) is 5.56 Å². The molecule has 0 N–H and O–H groups in total. The molecule has 0 bridgehead atoms. The molecule has 1 aromatic heterocycles. The van der Waals surface area contributed by atoms with Gasteiger partial charge in [0, 0.05) is 13.6 Å². The zero-order valence-electron chi connectivity index (χ0n) is 11.0. The molecule has 4 nitrogen and oxygen atoms in total. The van der Waals surface area contributed by atoms with Gasteiger partial charge in [-0.05, 0) is 24.1 Å². The Labute approximate surface area is 111 Å². The average molecular weight is 261 g/mol. The molecule has 2 aromatic rings. The molecule has 2 rings (SSSR count). The second kappa shape index (κ2) is 6.13. The third-order valence-corrected chi connectivity index (χ3v) is 2.90. The summed E-state index contributed by atoms with van der Waals surface area (Å²) in [6, 6.07) is 7.84. The number of halogens is 1. The van der Waals surface area contributed by atoms with Gasteiger partial charge in [0.25, 0.3) is 0 Å². The van der Waals surface area contributed by atoms with Crippen LogP contribution in [0.4, 0.5) is 10.2 Å². The fourth-order valence-electron chi connectivity index (χ4n) is 1.78. The van der Waals surface area contributed by atoms with Crippen molar-refractivity contribution in [3.8, 4) is 5.75 Å². The normalized spacial score (nSPS) is 10.3. The molecule has 100 valence electrons. The van der Waals surface area contributed by atoms with Crippen molar-refractivity contribution in [2.45, 2.75) is 6.42 Å². The van der Waals surface area contributed by atoms with E-state index in [-0.39, 0.29) is 0 Å². The van der Waals surface area contributed by atoms with Crippen molar-refractivity contribution in [1.29, 1.82) is 0 Å². The maximum absolute atomic E-state index is 13.5. The third-order valence-electron chi connectivity index (χ3n) is 2.90. The lowest BCUT2D eigenvalue weighted by Crippen LogP contribution is -2.22. The Balaban J connectivity index is 1.96. The summed E-state index contributed by atoms with van der Waals surface area (Å²) < 4.78 is 18.6. The van der Waals surface area contributed by atoms with Crippen molar-refractivity contribution in [2.24, 2.45) is 0 Å². The molecule has 0 atom stereocenters. The van der Waals surface area contributed by atoms with Gasteiger partial charge in [-0.1, -0.05) is 12.1 Å². The second-order valence-electron chi connectivity index (χ2n) is 4.21. The highest BCUT2D eigenvalue weighted by Crippen LogP contribution is 2.15. The van der Waals surface area contributed by atoms with Crippen molar-refractivity contribution < 1.29 is 9.13 Å². The summed E-state index contributed by atoms with van der Waals surface area (Å²) in [6.45, 7) is 0.681. The number of methoxy groups -OCH3 is 1. The van der Waals surface area contributed by atoms with Crippen molar-refractivity contribution in [1.82, 2.24) is 9.97 Å². The summed E-state index contributed by atoms with van der Waals surface area (Å²) in [5, 5.41) is 0. The standard InChI is InChI=1S/C14H16FN3O/c1-18(14-13(15)9-16-10-17-14)8-7-11-3-5-12(19-2)6-4-11/h3-6,9-10H,7-8H2,1-2H3. The summed E-state index contributed by atoms with van der Waals surface area (Å²) >= 11 is 0. The predicted molar refractivity (Wildman–Crippen MR) is 72.0 cm³/mol. The molecule has 1 heterocycles. The van der Waals surface area contributed by atoms with Crippen LogP contribution < -0.4 is 9.64 Å². The quantitative estimate of drug-likeness (QED) is 0.827. The van der Waals surface area contributed by atoms with E-state index in [0.29, 0.717) is 12.4 Å². The Morgan fingerprint density at radius 2 is 2.00 bits per heavy atom. The lowest BCUT2D eigenvalue weighted by molar-refractivity contribution is 0.414. The van der Waals surface area contributed by atoms with Crippen molar-refractivity contribution in [3.63, 3.8) is 0 Å². The van der Waals surface area contributed by atoms with E-state index >= 15 is 0 Å². The van der Waals surface area contributed by atoms with Crippen molar-refractivity contribution in [3.05, 3.63) is 48.2 Å². The van der Waals surface area contributed by atoms with Gasteiger partial charge in [-0.15, -0.1) is 0 Å². The molecule has 0 spiro atoms. The molecule has 0 saturated carbocycles. The fraction of sp³-hybridized carbons (Fsp3) is 0.286. The van der Waals surface area contributed by atoms with Crippen LogP contribution in [0.3, 0.4) is 0 Å². The Morgan fingerprint density at radius 3 is 2.63 bits per heavy atom.